The van der Waals surface area contributed by atoms with Crippen LogP contribution in [0.4, 0.5) is 5.69 Å². The fraction of sp³-hybridized carbons (Fsp3) is 0.304. The van der Waals surface area contributed by atoms with Gasteiger partial charge in [-0.2, -0.15) is 0 Å². The van der Waals surface area contributed by atoms with Gasteiger partial charge in [0.2, 0.25) is 5.56 Å². The summed E-state index contributed by atoms with van der Waals surface area (Å²) in [6, 6.07) is 11.8. The lowest BCUT2D eigenvalue weighted by Gasteiger charge is -2.36. The Morgan fingerprint density at radius 2 is 1.93 bits per heavy atom. The molecule has 6 nitrogen and oxygen atoms in total. The number of piperazine rings is 1. The molecule has 1 aromatic carbocycles. The highest BCUT2D eigenvalue weighted by Gasteiger charge is 2.19. The molecule has 6 heteroatoms. The highest BCUT2D eigenvalue weighted by Crippen LogP contribution is 2.30. The van der Waals surface area contributed by atoms with Crippen LogP contribution in [-0.2, 0) is 6.54 Å². The van der Waals surface area contributed by atoms with Crippen LogP contribution in [0.15, 0.2) is 59.8 Å². The van der Waals surface area contributed by atoms with Crippen LogP contribution in [0.3, 0.4) is 0 Å². The van der Waals surface area contributed by atoms with Crippen LogP contribution in [0.5, 0.6) is 5.75 Å². The number of H-pyrrole nitrogens is 1. The number of aromatic nitrogens is 2. The number of rotatable bonds is 5. The third kappa shape index (κ3) is 4.32. The molecule has 0 aliphatic carbocycles. The molecule has 0 saturated carbocycles. The zero-order valence-corrected chi connectivity index (χ0v) is 16.9. The summed E-state index contributed by atoms with van der Waals surface area (Å²) in [7, 11) is 1.66. The van der Waals surface area contributed by atoms with Crippen molar-refractivity contribution >= 4 is 5.69 Å². The quantitative estimate of drug-likeness (QED) is 0.725. The number of aromatic amines is 1. The lowest BCUT2D eigenvalue weighted by molar-refractivity contribution is 0.249. The average molecular weight is 390 g/mol. The lowest BCUT2D eigenvalue weighted by atomic mass is 10.0. The van der Waals surface area contributed by atoms with E-state index in [2.05, 4.69) is 44.9 Å². The van der Waals surface area contributed by atoms with Gasteiger partial charge >= 0.3 is 0 Å². The van der Waals surface area contributed by atoms with Crippen molar-refractivity contribution in [1.29, 1.82) is 0 Å². The van der Waals surface area contributed by atoms with E-state index in [1.807, 2.05) is 24.5 Å². The summed E-state index contributed by atoms with van der Waals surface area (Å²) >= 11 is 0. The van der Waals surface area contributed by atoms with Gasteiger partial charge in [-0.15, -0.1) is 0 Å². The van der Waals surface area contributed by atoms with E-state index in [4.69, 9.17) is 4.74 Å². The predicted molar refractivity (Wildman–Crippen MR) is 116 cm³/mol. The van der Waals surface area contributed by atoms with Gasteiger partial charge in [0.1, 0.15) is 5.75 Å². The van der Waals surface area contributed by atoms with Crippen LogP contribution in [0.2, 0.25) is 0 Å². The topological polar surface area (TPSA) is 61.5 Å². The van der Waals surface area contributed by atoms with Gasteiger partial charge in [-0.3, -0.25) is 14.7 Å². The molecule has 1 saturated heterocycles. The minimum atomic E-state index is -0.113. The molecule has 3 heterocycles. The maximum atomic E-state index is 11.7. The van der Waals surface area contributed by atoms with Crippen molar-refractivity contribution in [2.45, 2.75) is 13.5 Å². The van der Waals surface area contributed by atoms with E-state index in [1.54, 1.807) is 19.4 Å². The van der Waals surface area contributed by atoms with Crippen molar-refractivity contribution < 1.29 is 4.74 Å². The molecular weight excluding hydrogens is 364 g/mol. The Morgan fingerprint density at radius 3 is 2.66 bits per heavy atom. The van der Waals surface area contributed by atoms with Crippen molar-refractivity contribution in [3.63, 3.8) is 0 Å². The highest BCUT2D eigenvalue weighted by molar-refractivity contribution is 5.70. The SMILES string of the molecule is COc1ccc(CN2CCN(c3ccncc3C)CC2)cc1-c1cc[nH]c(=O)c1. The molecule has 0 spiro atoms. The second-order valence-electron chi connectivity index (χ2n) is 7.40. The molecule has 0 atom stereocenters. The first kappa shape index (κ1) is 19.2. The number of nitrogens with one attached hydrogen (secondary N) is 1. The van der Waals surface area contributed by atoms with Crippen LogP contribution in [-0.4, -0.2) is 48.2 Å². The molecule has 29 heavy (non-hydrogen) atoms. The molecule has 1 N–H and O–H groups in total. The Bertz CT molecular complexity index is 1040. The number of benzene rings is 1. The van der Waals surface area contributed by atoms with Crippen LogP contribution in [0.25, 0.3) is 11.1 Å². The molecule has 1 fully saturated rings. The van der Waals surface area contributed by atoms with E-state index in [0.29, 0.717) is 0 Å². The summed E-state index contributed by atoms with van der Waals surface area (Å²) in [5.74, 6) is 0.775. The molecule has 0 radical (unpaired) electrons. The average Bonchev–Trinajstić information content (AvgIpc) is 2.75. The fourth-order valence-electron chi connectivity index (χ4n) is 3.92. The van der Waals surface area contributed by atoms with E-state index >= 15 is 0 Å². The van der Waals surface area contributed by atoms with Gasteiger partial charge in [0, 0.05) is 68.6 Å². The van der Waals surface area contributed by atoms with Gasteiger partial charge in [0.15, 0.2) is 0 Å². The highest BCUT2D eigenvalue weighted by atomic mass is 16.5. The second kappa shape index (κ2) is 8.49. The summed E-state index contributed by atoms with van der Waals surface area (Å²) < 4.78 is 5.52. The van der Waals surface area contributed by atoms with Gasteiger partial charge in [-0.1, -0.05) is 6.07 Å². The molecule has 3 aromatic rings. The van der Waals surface area contributed by atoms with Gasteiger partial charge in [0.05, 0.1) is 7.11 Å². The lowest BCUT2D eigenvalue weighted by Crippen LogP contribution is -2.46. The molecule has 4 rings (SSSR count). The molecular formula is C23H26N4O2. The summed E-state index contributed by atoms with van der Waals surface area (Å²) in [6.07, 6.45) is 5.46. The Balaban J connectivity index is 1.47. The number of aryl methyl sites for hydroxylation is 1. The predicted octanol–water partition coefficient (Wildman–Crippen LogP) is 3.08. The van der Waals surface area contributed by atoms with Crippen LogP contribution in [0.1, 0.15) is 11.1 Å². The molecule has 0 amide bonds. The van der Waals surface area contributed by atoms with Crippen molar-refractivity contribution in [3.05, 3.63) is 76.5 Å². The first-order valence-electron chi connectivity index (χ1n) is 9.88. The number of pyridine rings is 2. The maximum Gasteiger partial charge on any atom is 0.248 e. The number of ether oxygens (including phenoxy) is 1. The largest absolute Gasteiger partial charge is 0.496 e. The summed E-state index contributed by atoms with van der Waals surface area (Å²) in [5.41, 5.74) is 5.42. The minimum Gasteiger partial charge on any atom is -0.496 e. The molecule has 1 aliphatic heterocycles. The first-order valence-corrected chi connectivity index (χ1v) is 9.88. The normalized spacial score (nSPS) is 14.8. The molecule has 2 aromatic heterocycles. The number of nitrogens with zero attached hydrogens (tertiary/aromatic N) is 3. The molecule has 150 valence electrons. The van der Waals surface area contributed by atoms with Crippen molar-refractivity contribution in [2.24, 2.45) is 0 Å². The van der Waals surface area contributed by atoms with Gasteiger partial charge in [0.25, 0.3) is 0 Å². The summed E-state index contributed by atoms with van der Waals surface area (Å²) in [4.78, 5) is 23.5. The Morgan fingerprint density at radius 1 is 1.10 bits per heavy atom. The van der Waals surface area contributed by atoms with Crippen LogP contribution < -0.4 is 15.2 Å². The second-order valence-corrected chi connectivity index (χ2v) is 7.40. The zero-order chi connectivity index (χ0) is 20.2. The Kier molecular flexibility index (Phi) is 5.62. The fourth-order valence-corrected chi connectivity index (χ4v) is 3.92. The third-order valence-electron chi connectivity index (χ3n) is 5.46. The van der Waals surface area contributed by atoms with Gasteiger partial charge < -0.3 is 14.6 Å². The van der Waals surface area contributed by atoms with Crippen LogP contribution >= 0.6 is 0 Å². The van der Waals surface area contributed by atoms with E-state index in [9.17, 15) is 4.79 Å². The smallest absolute Gasteiger partial charge is 0.248 e. The summed E-state index contributed by atoms with van der Waals surface area (Å²) in [6.45, 7) is 7.01. The third-order valence-corrected chi connectivity index (χ3v) is 5.46. The molecule has 1 aliphatic rings. The monoisotopic (exact) mass is 390 g/mol. The Hall–Kier alpha value is -3.12. The molecule has 0 unspecified atom stereocenters. The van der Waals surface area contributed by atoms with Crippen LogP contribution in [0, 0.1) is 6.92 Å². The number of hydrogen-bond donors (Lipinski definition) is 1. The summed E-state index contributed by atoms with van der Waals surface area (Å²) in [5, 5.41) is 0. The van der Waals surface area contributed by atoms with Crippen molar-refractivity contribution in [3.8, 4) is 16.9 Å². The number of hydrogen-bond acceptors (Lipinski definition) is 5. The number of methoxy groups -OCH3 is 1. The standard InChI is InChI=1S/C23H26N4O2/c1-17-15-24-7-6-21(17)27-11-9-26(10-12-27)16-18-3-4-22(29-2)20(13-18)19-5-8-25-23(28)14-19/h3-8,13-15H,9-12,16H2,1-2H3,(H,25,28). The van der Waals surface area contributed by atoms with Gasteiger partial charge in [-0.05, 0) is 47.9 Å². The van der Waals surface area contributed by atoms with E-state index in [1.165, 1.54) is 16.8 Å². The van der Waals surface area contributed by atoms with E-state index in [0.717, 1.165) is 49.6 Å². The Labute approximate surface area is 170 Å². The molecule has 0 bridgehead atoms. The maximum absolute atomic E-state index is 11.7. The van der Waals surface area contributed by atoms with Crippen molar-refractivity contribution in [1.82, 2.24) is 14.9 Å². The zero-order valence-electron chi connectivity index (χ0n) is 16.9. The number of anilines is 1. The van der Waals surface area contributed by atoms with Crippen molar-refractivity contribution in [2.75, 3.05) is 38.2 Å². The first-order chi connectivity index (χ1) is 14.1. The van der Waals surface area contributed by atoms with Gasteiger partial charge in [-0.25, -0.2) is 0 Å². The minimum absolute atomic E-state index is 0.113. The van der Waals surface area contributed by atoms with E-state index in [-0.39, 0.29) is 5.56 Å². The van der Waals surface area contributed by atoms with E-state index < -0.39 is 0 Å².